The van der Waals surface area contributed by atoms with Gasteiger partial charge in [-0.2, -0.15) is 0 Å². The van der Waals surface area contributed by atoms with Crippen molar-refractivity contribution in [3.05, 3.63) is 30.1 Å². The first-order chi connectivity index (χ1) is 12.0. The smallest absolute Gasteiger partial charge is 0.284 e. The normalized spacial score (nSPS) is 23.0. The molecular formula is C14H12FN5O3S2. The number of rotatable bonds is 4. The number of carbonyl (C=O) groups is 3. The van der Waals surface area contributed by atoms with E-state index in [0.717, 1.165) is 23.5 Å². The average molecular weight is 381 g/mol. The zero-order chi connectivity index (χ0) is 17.8. The highest BCUT2D eigenvalue weighted by molar-refractivity contribution is 8.15. The highest BCUT2D eigenvalue weighted by atomic mass is 32.2. The summed E-state index contributed by atoms with van der Waals surface area (Å²) in [6.07, 6.45) is -0.0595. The summed E-state index contributed by atoms with van der Waals surface area (Å²) in [5.41, 5.74) is 0.449. The Hall–Kier alpha value is -2.40. The number of nitrogens with zero attached hydrogens (tertiary/aromatic N) is 2. The standard InChI is InChI=1S/C14H12FN5O3S2/c15-7-1-3-8(4-2-7)16-11(21)5-9-12(22)18-13(25-9)20-19-10-6-24-14(23)17-10/h1-4,9H,5-6H2,(H,16,21)(H,17,19,23)(H,18,20,22). The molecule has 1 aromatic carbocycles. The molecule has 8 nitrogen and oxygen atoms in total. The summed E-state index contributed by atoms with van der Waals surface area (Å²) < 4.78 is 12.8. The van der Waals surface area contributed by atoms with Crippen LogP contribution in [-0.2, 0) is 9.59 Å². The summed E-state index contributed by atoms with van der Waals surface area (Å²) in [6.45, 7) is 0. The van der Waals surface area contributed by atoms with Crippen LogP contribution in [0.25, 0.3) is 0 Å². The Morgan fingerprint density at radius 3 is 2.68 bits per heavy atom. The molecule has 2 heterocycles. The molecule has 25 heavy (non-hydrogen) atoms. The number of amidine groups is 2. The summed E-state index contributed by atoms with van der Waals surface area (Å²) in [5, 5.41) is 14.8. The molecule has 0 radical (unpaired) electrons. The zero-order valence-corrected chi connectivity index (χ0v) is 14.2. The van der Waals surface area contributed by atoms with Crippen molar-refractivity contribution in [1.82, 2.24) is 10.6 Å². The molecule has 1 unspecified atom stereocenters. The molecular weight excluding hydrogens is 369 g/mol. The Morgan fingerprint density at radius 1 is 1.24 bits per heavy atom. The quantitative estimate of drug-likeness (QED) is 0.685. The predicted molar refractivity (Wildman–Crippen MR) is 95.0 cm³/mol. The molecule has 1 aromatic rings. The van der Waals surface area contributed by atoms with Gasteiger partial charge in [-0.15, -0.1) is 10.2 Å². The predicted octanol–water partition coefficient (Wildman–Crippen LogP) is 1.51. The molecule has 0 aromatic heterocycles. The van der Waals surface area contributed by atoms with Gasteiger partial charge in [-0.3, -0.25) is 14.4 Å². The molecule has 2 fully saturated rings. The number of thioether (sulfide) groups is 2. The topological polar surface area (TPSA) is 112 Å². The van der Waals surface area contributed by atoms with Gasteiger partial charge in [-0.05, 0) is 24.3 Å². The lowest BCUT2D eigenvalue weighted by Crippen LogP contribution is -2.28. The van der Waals surface area contributed by atoms with E-state index in [2.05, 4.69) is 26.2 Å². The number of nitrogens with one attached hydrogen (secondary N) is 3. The highest BCUT2D eigenvalue weighted by Gasteiger charge is 2.32. The molecule has 3 N–H and O–H groups in total. The van der Waals surface area contributed by atoms with Crippen LogP contribution >= 0.6 is 23.5 Å². The number of carbonyl (C=O) groups excluding carboxylic acids is 3. The second-order valence-electron chi connectivity index (χ2n) is 5.01. The fourth-order valence-electron chi connectivity index (χ4n) is 1.98. The van der Waals surface area contributed by atoms with Gasteiger partial charge in [-0.1, -0.05) is 23.5 Å². The van der Waals surface area contributed by atoms with Gasteiger partial charge in [0.2, 0.25) is 11.8 Å². The van der Waals surface area contributed by atoms with Crippen LogP contribution in [0.1, 0.15) is 6.42 Å². The number of anilines is 1. The maximum absolute atomic E-state index is 12.8. The van der Waals surface area contributed by atoms with Crippen molar-refractivity contribution in [3.63, 3.8) is 0 Å². The van der Waals surface area contributed by atoms with Crippen molar-refractivity contribution in [2.45, 2.75) is 11.7 Å². The number of hydrogen-bond acceptors (Lipinski definition) is 7. The Bertz CT molecular complexity index is 781. The van der Waals surface area contributed by atoms with Crippen LogP contribution in [0.15, 0.2) is 34.5 Å². The van der Waals surface area contributed by atoms with Crippen LogP contribution in [0.2, 0.25) is 0 Å². The maximum Gasteiger partial charge on any atom is 0.284 e. The van der Waals surface area contributed by atoms with Gasteiger partial charge in [0.15, 0.2) is 5.17 Å². The minimum Gasteiger partial charge on any atom is -0.326 e. The molecule has 0 spiro atoms. The van der Waals surface area contributed by atoms with Crippen molar-refractivity contribution in [1.29, 1.82) is 0 Å². The first kappa shape index (κ1) is 17.4. The monoisotopic (exact) mass is 381 g/mol. The van der Waals surface area contributed by atoms with Crippen LogP contribution in [0.3, 0.4) is 0 Å². The number of hydrogen-bond donors (Lipinski definition) is 3. The molecule has 130 valence electrons. The third-order valence-electron chi connectivity index (χ3n) is 3.12. The lowest BCUT2D eigenvalue weighted by molar-refractivity contribution is -0.122. The van der Waals surface area contributed by atoms with Crippen LogP contribution in [0, 0.1) is 5.82 Å². The van der Waals surface area contributed by atoms with E-state index in [1.54, 1.807) is 0 Å². The van der Waals surface area contributed by atoms with Gasteiger partial charge in [0.05, 0.1) is 5.75 Å². The summed E-state index contributed by atoms with van der Waals surface area (Å²) >= 11 is 2.16. The van der Waals surface area contributed by atoms with E-state index in [1.165, 1.54) is 24.3 Å². The van der Waals surface area contributed by atoms with E-state index >= 15 is 0 Å². The third kappa shape index (κ3) is 4.79. The SMILES string of the molecule is O=C(CC1SC(=N/N=C2/CSC(=O)N2)NC1=O)Nc1ccc(F)cc1. The molecule has 2 saturated heterocycles. The van der Waals surface area contributed by atoms with E-state index in [1.807, 2.05) is 0 Å². The Morgan fingerprint density at radius 2 is 2.00 bits per heavy atom. The van der Waals surface area contributed by atoms with Gasteiger partial charge in [-0.25, -0.2) is 4.39 Å². The van der Waals surface area contributed by atoms with Gasteiger partial charge < -0.3 is 16.0 Å². The minimum atomic E-state index is -0.632. The van der Waals surface area contributed by atoms with Crippen LogP contribution in [0.5, 0.6) is 0 Å². The Labute approximate surface area is 150 Å². The fraction of sp³-hybridized carbons (Fsp3) is 0.214. The maximum atomic E-state index is 12.8. The number of amides is 3. The van der Waals surface area contributed by atoms with Crippen LogP contribution < -0.4 is 16.0 Å². The van der Waals surface area contributed by atoms with Crippen molar-refractivity contribution in [2.24, 2.45) is 10.2 Å². The van der Waals surface area contributed by atoms with Crippen LogP contribution in [-0.4, -0.2) is 39.1 Å². The fourth-order valence-corrected chi connectivity index (χ4v) is 3.49. The van der Waals surface area contributed by atoms with Crippen molar-refractivity contribution in [3.8, 4) is 0 Å². The largest absolute Gasteiger partial charge is 0.326 e. The second-order valence-corrected chi connectivity index (χ2v) is 7.15. The van der Waals surface area contributed by atoms with Gasteiger partial charge >= 0.3 is 0 Å². The molecule has 0 aliphatic carbocycles. The van der Waals surface area contributed by atoms with Crippen molar-refractivity contribution >= 4 is 57.3 Å². The second kappa shape index (κ2) is 7.66. The summed E-state index contributed by atoms with van der Waals surface area (Å²) in [4.78, 5) is 34.9. The average Bonchev–Trinajstić information content (AvgIpc) is 3.14. The molecule has 3 amide bonds. The highest BCUT2D eigenvalue weighted by Crippen LogP contribution is 2.23. The molecule has 1 atom stereocenters. The molecule has 3 rings (SSSR count). The summed E-state index contributed by atoms with van der Waals surface area (Å²) in [6, 6.07) is 5.34. The molecule has 0 bridgehead atoms. The van der Waals surface area contributed by atoms with Crippen molar-refractivity contribution in [2.75, 3.05) is 11.1 Å². The summed E-state index contributed by atoms with van der Waals surface area (Å²) in [5.74, 6) is -0.301. The third-order valence-corrected chi connectivity index (χ3v) is 4.98. The van der Waals surface area contributed by atoms with E-state index in [9.17, 15) is 18.8 Å². The lowest BCUT2D eigenvalue weighted by Gasteiger charge is -2.07. The van der Waals surface area contributed by atoms with Gasteiger partial charge in [0, 0.05) is 12.1 Å². The molecule has 11 heteroatoms. The first-order valence-electron chi connectivity index (χ1n) is 7.11. The number of benzene rings is 1. The minimum absolute atomic E-state index is 0.0595. The van der Waals surface area contributed by atoms with Crippen molar-refractivity contribution < 1.29 is 18.8 Å². The molecule has 2 aliphatic heterocycles. The molecule has 0 saturated carbocycles. The van der Waals surface area contributed by atoms with Gasteiger partial charge in [0.25, 0.3) is 5.24 Å². The first-order valence-corrected chi connectivity index (χ1v) is 8.97. The molecule has 2 aliphatic rings. The Balaban J connectivity index is 1.54. The lowest BCUT2D eigenvalue weighted by atomic mass is 10.2. The number of halogens is 1. The summed E-state index contributed by atoms with van der Waals surface area (Å²) in [7, 11) is 0. The Kier molecular flexibility index (Phi) is 5.34. The van der Waals surface area contributed by atoms with Crippen LogP contribution in [0.4, 0.5) is 14.9 Å². The van der Waals surface area contributed by atoms with E-state index in [0.29, 0.717) is 17.3 Å². The van der Waals surface area contributed by atoms with E-state index in [-0.39, 0.29) is 28.6 Å². The van der Waals surface area contributed by atoms with Gasteiger partial charge in [0.1, 0.15) is 16.9 Å². The zero-order valence-electron chi connectivity index (χ0n) is 12.6. The van der Waals surface area contributed by atoms with E-state index in [4.69, 9.17) is 0 Å². The van der Waals surface area contributed by atoms with E-state index < -0.39 is 11.1 Å².